The number of rotatable bonds is 2. The van der Waals surface area contributed by atoms with Gasteiger partial charge >= 0.3 is 0 Å². The number of nitrogens with one attached hydrogen (secondary N) is 1. The van der Waals surface area contributed by atoms with Crippen LogP contribution in [0.2, 0.25) is 0 Å². The van der Waals surface area contributed by atoms with Crippen LogP contribution in [0.3, 0.4) is 0 Å². The van der Waals surface area contributed by atoms with Crippen LogP contribution in [0, 0.1) is 0 Å². The number of amides is 1. The van der Waals surface area contributed by atoms with Gasteiger partial charge in [0.05, 0.1) is 6.54 Å². The molecule has 0 atom stereocenters. The summed E-state index contributed by atoms with van der Waals surface area (Å²) in [5.41, 5.74) is 5.62. The van der Waals surface area contributed by atoms with Gasteiger partial charge in [-0.15, -0.1) is 0 Å². The first-order valence-electron chi connectivity index (χ1n) is 5.59. The SMILES string of the molecule is Nc1ncc(Br)cc1S(=O)(=O)N1CCCNC(=O)C1. The van der Waals surface area contributed by atoms with Crippen LogP contribution in [0.15, 0.2) is 21.6 Å². The second-order valence-electron chi connectivity index (χ2n) is 4.08. The summed E-state index contributed by atoms with van der Waals surface area (Å²) < 4.78 is 26.6. The lowest BCUT2D eigenvalue weighted by Gasteiger charge is -2.19. The van der Waals surface area contributed by atoms with Gasteiger partial charge in [0.25, 0.3) is 0 Å². The lowest BCUT2D eigenvalue weighted by molar-refractivity contribution is -0.120. The van der Waals surface area contributed by atoms with E-state index in [0.717, 1.165) is 4.31 Å². The molecule has 0 radical (unpaired) electrons. The Labute approximate surface area is 119 Å². The third-order valence-corrected chi connectivity index (χ3v) is 5.00. The van der Waals surface area contributed by atoms with Gasteiger partial charge in [0.15, 0.2) is 0 Å². The molecule has 0 unspecified atom stereocenters. The second kappa shape index (κ2) is 5.43. The molecule has 0 aromatic carbocycles. The number of carbonyl (C=O) groups is 1. The minimum atomic E-state index is -3.82. The molecule has 1 fully saturated rings. The minimum absolute atomic E-state index is 0.0761. The molecule has 3 N–H and O–H groups in total. The van der Waals surface area contributed by atoms with Crippen LogP contribution in [0.1, 0.15) is 6.42 Å². The number of halogens is 1. The number of sulfonamides is 1. The van der Waals surface area contributed by atoms with Gasteiger partial charge in [0.2, 0.25) is 15.9 Å². The maximum Gasteiger partial charge on any atom is 0.247 e. The summed E-state index contributed by atoms with van der Waals surface area (Å²) in [7, 11) is -3.82. The molecule has 19 heavy (non-hydrogen) atoms. The van der Waals surface area contributed by atoms with Crippen molar-refractivity contribution in [1.29, 1.82) is 0 Å². The van der Waals surface area contributed by atoms with Crippen LogP contribution in [-0.2, 0) is 14.8 Å². The van der Waals surface area contributed by atoms with Gasteiger partial charge in [0.1, 0.15) is 10.7 Å². The van der Waals surface area contributed by atoms with Crippen molar-refractivity contribution in [2.24, 2.45) is 0 Å². The first-order valence-corrected chi connectivity index (χ1v) is 7.82. The monoisotopic (exact) mass is 348 g/mol. The van der Waals surface area contributed by atoms with Crippen LogP contribution >= 0.6 is 15.9 Å². The maximum absolute atomic E-state index is 12.5. The number of hydrogen-bond donors (Lipinski definition) is 2. The van der Waals surface area contributed by atoms with Crippen LogP contribution in [0.25, 0.3) is 0 Å². The molecule has 1 aromatic rings. The molecule has 7 nitrogen and oxygen atoms in total. The smallest absolute Gasteiger partial charge is 0.247 e. The fourth-order valence-electron chi connectivity index (χ4n) is 1.76. The standard InChI is InChI=1S/C10H13BrN4O3S/c11-7-4-8(10(12)14-5-7)19(17,18)15-3-1-2-13-9(16)6-15/h4-5H,1-3,6H2,(H2,12,14)(H,13,16). The number of aromatic nitrogens is 1. The van der Waals surface area contributed by atoms with E-state index in [9.17, 15) is 13.2 Å². The first-order chi connectivity index (χ1) is 8.91. The fraction of sp³-hybridized carbons (Fsp3) is 0.400. The lowest BCUT2D eigenvalue weighted by atomic mass is 10.4. The number of anilines is 1. The molecule has 1 aliphatic rings. The van der Waals surface area contributed by atoms with E-state index in [1.54, 1.807) is 0 Å². The van der Waals surface area contributed by atoms with Crippen molar-refractivity contribution in [2.45, 2.75) is 11.3 Å². The summed E-state index contributed by atoms with van der Waals surface area (Å²) in [4.78, 5) is 15.2. The number of carbonyl (C=O) groups excluding carboxylic acids is 1. The Bertz CT molecular complexity index is 605. The molecule has 1 aromatic heterocycles. The number of hydrogen-bond acceptors (Lipinski definition) is 5. The van der Waals surface area contributed by atoms with Crippen molar-refractivity contribution in [3.63, 3.8) is 0 Å². The average molecular weight is 349 g/mol. The van der Waals surface area contributed by atoms with Crippen molar-refractivity contribution < 1.29 is 13.2 Å². The van der Waals surface area contributed by atoms with Crippen LogP contribution in [-0.4, -0.2) is 43.2 Å². The number of nitrogens with zero attached hydrogens (tertiary/aromatic N) is 2. The molecule has 9 heteroatoms. The summed E-state index contributed by atoms with van der Waals surface area (Å²) in [5.74, 6) is -0.393. The highest BCUT2D eigenvalue weighted by atomic mass is 79.9. The van der Waals surface area contributed by atoms with Crippen molar-refractivity contribution in [3.8, 4) is 0 Å². The van der Waals surface area contributed by atoms with Crippen molar-refractivity contribution in [3.05, 3.63) is 16.7 Å². The van der Waals surface area contributed by atoms with E-state index in [4.69, 9.17) is 5.73 Å². The molecule has 0 spiro atoms. The van der Waals surface area contributed by atoms with E-state index < -0.39 is 10.0 Å². The van der Waals surface area contributed by atoms with E-state index in [1.165, 1.54) is 12.3 Å². The number of pyridine rings is 1. The summed E-state index contributed by atoms with van der Waals surface area (Å²) in [6.07, 6.45) is 1.98. The molecule has 1 amide bonds. The van der Waals surface area contributed by atoms with Gasteiger partial charge in [0, 0.05) is 23.8 Å². The van der Waals surface area contributed by atoms with Gasteiger partial charge in [-0.1, -0.05) is 0 Å². The Balaban J connectivity index is 2.40. The van der Waals surface area contributed by atoms with Crippen LogP contribution in [0.4, 0.5) is 5.82 Å². The number of nitrogen functional groups attached to an aromatic ring is 1. The van der Waals surface area contributed by atoms with Crippen LogP contribution < -0.4 is 11.1 Å². The molecular weight excluding hydrogens is 336 g/mol. The Morgan fingerprint density at radius 1 is 1.47 bits per heavy atom. The van der Waals surface area contributed by atoms with Gasteiger partial charge in [-0.2, -0.15) is 4.31 Å². The Hall–Kier alpha value is -1.19. The minimum Gasteiger partial charge on any atom is -0.383 e. The van der Waals surface area contributed by atoms with Crippen LogP contribution in [0.5, 0.6) is 0 Å². The van der Waals surface area contributed by atoms with E-state index in [0.29, 0.717) is 17.4 Å². The molecule has 104 valence electrons. The van der Waals surface area contributed by atoms with E-state index >= 15 is 0 Å². The third kappa shape index (κ3) is 3.04. The summed E-state index contributed by atoms with van der Waals surface area (Å²) in [5, 5.41) is 2.62. The topological polar surface area (TPSA) is 105 Å². The summed E-state index contributed by atoms with van der Waals surface area (Å²) in [6, 6.07) is 1.39. The van der Waals surface area contributed by atoms with E-state index in [1.807, 2.05) is 0 Å². The van der Waals surface area contributed by atoms with Crippen molar-refractivity contribution in [1.82, 2.24) is 14.6 Å². The van der Waals surface area contributed by atoms with E-state index in [2.05, 4.69) is 26.2 Å². The molecule has 2 rings (SSSR count). The third-order valence-electron chi connectivity index (χ3n) is 2.69. The predicted molar refractivity (Wildman–Crippen MR) is 72.7 cm³/mol. The van der Waals surface area contributed by atoms with Gasteiger partial charge in [-0.25, -0.2) is 13.4 Å². The highest BCUT2D eigenvalue weighted by Gasteiger charge is 2.30. The highest BCUT2D eigenvalue weighted by molar-refractivity contribution is 9.10. The predicted octanol–water partition coefficient (Wildman–Crippen LogP) is -0.0631. The Kier molecular flexibility index (Phi) is 4.07. The molecule has 0 bridgehead atoms. The van der Waals surface area contributed by atoms with E-state index in [-0.39, 0.29) is 29.7 Å². The highest BCUT2D eigenvalue weighted by Crippen LogP contribution is 2.24. The van der Waals surface area contributed by atoms with Gasteiger partial charge in [-0.05, 0) is 28.4 Å². The maximum atomic E-state index is 12.5. The lowest BCUT2D eigenvalue weighted by Crippen LogP contribution is -2.37. The Morgan fingerprint density at radius 3 is 2.95 bits per heavy atom. The molecule has 0 saturated carbocycles. The zero-order valence-corrected chi connectivity index (χ0v) is 12.4. The molecular formula is C10H13BrN4O3S. The largest absolute Gasteiger partial charge is 0.383 e. The second-order valence-corrected chi connectivity index (χ2v) is 6.90. The Morgan fingerprint density at radius 2 is 2.21 bits per heavy atom. The molecule has 2 heterocycles. The van der Waals surface area contributed by atoms with Crippen molar-refractivity contribution >= 4 is 37.7 Å². The number of nitrogens with two attached hydrogens (primary N) is 1. The first kappa shape index (κ1) is 14.2. The normalized spacial score (nSPS) is 17.8. The van der Waals surface area contributed by atoms with Gasteiger partial charge in [-0.3, -0.25) is 4.79 Å². The molecule has 0 aliphatic carbocycles. The van der Waals surface area contributed by atoms with Gasteiger partial charge < -0.3 is 11.1 Å². The van der Waals surface area contributed by atoms with Crippen molar-refractivity contribution in [2.75, 3.05) is 25.4 Å². The zero-order chi connectivity index (χ0) is 14.0. The quantitative estimate of drug-likeness (QED) is 0.778. The zero-order valence-electron chi connectivity index (χ0n) is 9.97. The summed E-state index contributed by atoms with van der Waals surface area (Å²) in [6.45, 7) is 0.540. The summed E-state index contributed by atoms with van der Waals surface area (Å²) >= 11 is 3.16. The molecule has 1 saturated heterocycles. The average Bonchev–Trinajstić information content (AvgIpc) is 2.57. The molecule has 1 aliphatic heterocycles. The fourth-order valence-corrected chi connectivity index (χ4v) is 3.77.